The second-order valence-corrected chi connectivity index (χ2v) is 9.71. The van der Waals surface area contributed by atoms with E-state index in [1.54, 1.807) is 0 Å². The highest BCUT2D eigenvalue weighted by molar-refractivity contribution is 5.86. The molecule has 2 aliphatic rings. The van der Waals surface area contributed by atoms with Gasteiger partial charge in [0, 0.05) is 12.5 Å². The minimum atomic E-state index is -0.889. The molecule has 0 saturated heterocycles. The van der Waals surface area contributed by atoms with Crippen LogP contribution in [0.25, 0.3) is 11.1 Å². The molecule has 2 aromatic rings. The van der Waals surface area contributed by atoms with Crippen molar-refractivity contribution in [2.45, 2.75) is 51.5 Å². The molecular formula is C28H34N2O5. The molecule has 0 aromatic heterocycles. The van der Waals surface area contributed by atoms with E-state index in [9.17, 15) is 19.5 Å². The number of rotatable bonds is 10. The fraction of sp³-hybridized carbons (Fsp3) is 0.464. The van der Waals surface area contributed by atoms with Crippen LogP contribution in [0.4, 0.5) is 4.79 Å². The Bertz CT molecular complexity index is 1040. The summed E-state index contributed by atoms with van der Waals surface area (Å²) >= 11 is 0. The average Bonchev–Trinajstić information content (AvgIpc) is 3.15. The summed E-state index contributed by atoms with van der Waals surface area (Å²) < 4.78 is 5.62. The van der Waals surface area contributed by atoms with E-state index in [0.29, 0.717) is 6.42 Å². The number of amides is 2. The van der Waals surface area contributed by atoms with E-state index in [1.807, 2.05) is 38.1 Å². The van der Waals surface area contributed by atoms with E-state index < -0.39 is 24.0 Å². The van der Waals surface area contributed by atoms with Crippen LogP contribution in [0.15, 0.2) is 48.5 Å². The summed E-state index contributed by atoms with van der Waals surface area (Å²) in [6.45, 7) is 4.06. The molecule has 35 heavy (non-hydrogen) atoms. The van der Waals surface area contributed by atoms with Crippen molar-refractivity contribution >= 4 is 18.0 Å². The van der Waals surface area contributed by atoms with Crippen LogP contribution in [-0.4, -0.2) is 42.3 Å². The van der Waals surface area contributed by atoms with E-state index in [0.717, 1.165) is 41.5 Å². The van der Waals surface area contributed by atoms with Crippen molar-refractivity contribution in [3.05, 3.63) is 59.7 Å². The van der Waals surface area contributed by atoms with Crippen LogP contribution in [-0.2, 0) is 14.3 Å². The zero-order valence-electron chi connectivity index (χ0n) is 20.3. The van der Waals surface area contributed by atoms with Crippen LogP contribution in [0.1, 0.15) is 56.6 Å². The number of hydrogen-bond donors (Lipinski definition) is 3. The predicted molar refractivity (Wildman–Crippen MR) is 133 cm³/mol. The molecule has 1 fully saturated rings. The van der Waals surface area contributed by atoms with Crippen molar-refractivity contribution in [2.75, 3.05) is 13.2 Å². The van der Waals surface area contributed by atoms with Gasteiger partial charge in [-0.05, 0) is 46.9 Å². The smallest absolute Gasteiger partial charge is 0.407 e. The third-order valence-electron chi connectivity index (χ3n) is 7.64. The first-order valence-corrected chi connectivity index (χ1v) is 12.5. The molecule has 7 heteroatoms. The Balaban J connectivity index is 1.37. The van der Waals surface area contributed by atoms with Crippen LogP contribution in [0.5, 0.6) is 0 Å². The zero-order valence-corrected chi connectivity index (χ0v) is 20.3. The van der Waals surface area contributed by atoms with E-state index in [1.165, 1.54) is 0 Å². The van der Waals surface area contributed by atoms with Crippen LogP contribution < -0.4 is 10.6 Å². The van der Waals surface area contributed by atoms with Crippen molar-refractivity contribution in [1.29, 1.82) is 0 Å². The summed E-state index contributed by atoms with van der Waals surface area (Å²) in [5.74, 6) is -1.96. The molecular weight excluding hydrogens is 444 g/mol. The maximum Gasteiger partial charge on any atom is 0.407 e. The Kier molecular flexibility index (Phi) is 7.73. The largest absolute Gasteiger partial charge is 0.481 e. The number of carbonyl (C=O) groups is 3. The second kappa shape index (κ2) is 10.9. The van der Waals surface area contributed by atoms with E-state index in [2.05, 4.69) is 34.9 Å². The lowest BCUT2D eigenvalue weighted by atomic mass is 9.76. The lowest BCUT2D eigenvalue weighted by Crippen LogP contribution is -2.52. The summed E-state index contributed by atoms with van der Waals surface area (Å²) in [6.07, 6.45) is 2.80. The van der Waals surface area contributed by atoms with Gasteiger partial charge in [0.2, 0.25) is 5.91 Å². The molecule has 1 unspecified atom stereocenters. The van der Waals surface area contributed by atoms with Gasteiger partial charge in [-0.3, -0.25) is 9.59 Å². The van der Waals surface area contributed by atoms with Gasteiger partial charge >= 0.3 is 12.1 Å². The first-order valence-electron chi connectivity index (χ1n) is 12.5. The normalized spacial score (nSPS) is 17.3. The molecule has 0 heterocycles. The molecule has 0 bridgehead atoms. The summed E-state index contributed by atoms with van der Waals surface area (Å²) in [4.78, 5) is 37.3. The zero-order chi connectivity index (χ0) is 24.9. The van der Waals surface area contributed by atoms with Gasteiger partial charge in [-0.2, -0.15) is 0 Å². The molecule has 0 radical (unpaired) electrons. The Hall–Kier alpha value is -3.35. The van der Waals surface area contributed by atoms with Crippen LogP contribution in [0.3, 0.4) is 0 Å². The summed E-state index contributed by atoms with van der Waals surface area (Å²) in [6, 6.07) is 15.4. The fourth-order valence-electron chi connectivity index (χ4n) is 5.09. The number of ether oxygens (including phenoxy) is 1. The SMILES string of the molecule is CC[C@H](C)[C@H](NC(=O)OCC1c2ccccc2-c2ccccc21)C(=O)NCC(C(=O)O)C1CCC1. The van der Waals surface area contributed by atoms with Gasteiger partial charge in [-0.1, -0.05) is 75.2 Å². The monoisotopic (exact) mass is 478 g/mol. The Morgan fingerprint density at radius 3 is 2.14 bits per heavy atom. The van der Waals surface area contributed by atoms with E-state index in [-0.39, 0.29) is 36.8 Å². The number of alkyl carbamates (subject to hydrolysis) is 1. The molecule has 0 spiro atoms. The van der Waals surface area contributed by atoms with Gasteiger partial charge in [-0.25, -0.2) is 4.79 Å². The molecule has 1 saturated carbocycles. The van der Waals surface area contributed by atoms with E-state index >= 15 is 0 Å². The van der Waals surface area contributed by atoms with Crippen molar-refractivity contribution in [2.24, 2.45) is 17.8 Å². The molecule has 4 rings (SSSR count). The van der Waals surface area contributed by atoms with Gasteiger partial charge in [-0.15, -0.1) is 0 Å². The minimum Gasteiger partial charge on any atom is -0.481 e. The fourth-order valence-corrected chi connectivity index (χ4v) is 5.09. The molecule has 2 amide bonds. The molecule has 3 N–H and O–H groups in total. The summed E-state index contributed by atoms with van der Waals surface area (Å²) in [5, 5.41) is 15.0. The number of carbonyl (C=O) groups excluding carboxylic acids is 2. The highest BCUT2D eigenvalue weighted by atomic mass is 16.5. The average molecular weight is 479 g/mol. The summed E-state index contributed by atoms with van der Waals surface area (Å²) in [7, 11) is 0. The van der Waals surface area contributed by atoms with E-state index in [4.69, 9.17) is 4.74 Å². The first-order chi connectivity index (χ1) is 16.9. The van der Waals surface area contributed by atoms with Gasteiger partial charge in [0.15, 0.2) is 0 Å². The number of aliphatic carboxylic acids is 1. The molecule has 3 atom stereocenters. The molecule has 2 aromatic carbocycles. The number of hydrogen-bond acceptors (Lipinski definition) is 4. The van der Waals surface area contributed by atoms with Gasteiger partial charge in [0.1, 0.15) is 12.6 Å². The minimum absolute atomic E-state index is 0.0668. The Morgan fingerprint density at radius 1 is 1.03 bits per heavy atom. The summed E-state index contributed by atoms with van der Waals surface area (Å²) in [5.41, 5.74) is 4.53. The lowest BCUT2D eigenvalue weighted by Gasteiger charge is -2.32. The van der Waals surface area contributed by atoms with Gasteiger partial charge in [0.25, 0.3) is 0 Å². The molecule has 186 valence electrons. The highest BCUT2D eigenvalue weighted by Crippen LogP contribution is 2.44. The second-order valence-electron chi connectivity index (χ2n) is 9.71. The van der Waals surface area contributed by atoms with Crippen molar-refractivity contribution in [3.8, 4) is 11.1 Å². The van der Waals surface area contributed by atoms with Crippen LogP contribution in [0, 0.1) is 17.8 Å². The van der Waals surface area contributed by atoms with Gasteiger partial charge < -0.3 is 20.5 Å². The number of fused-ring (bicyclic) bond motifs is 3. The third kappa shape index (κ3) is 5.34. The lowest BCUT2D eigenvalue weighted by molar-refractivity contribution is -0.145. The maximum atomic E-state index is 12.9. The van der Waals surface area contributed by atoms with Crippen molar-refractivity contribution < 1.29 is 24.2 Å². The number of nitrogens with one attached hydrogen (secondary N) is 2. The van der Waals surface area contributed by atoms with Crippen molar-refractivity contribution in [3.63, 3.8) is 0 Å². The van der Waals surface area contributed by atoms with Crippen LogP contribution >= 0.6 is 0 Å². The van der Waals surface area contributed by atoms with Crippen LogP contribution in [0.2, 0.25) is 0 Å². The highest BCUT2D eigenvalue weighted by Gasteiger charge is 2.35. The standard InChI is InChI=1S/C28H34N2O5/c1-3-17(2)25(26(31)29-15-23(27(32)33)18-9-8-10-18)30-28(34)35-16-24-21-13-6-4-11-19(21)20-12-5-7-14-22(20)24/h4-7,11-14,17-18,23-25H,3,8-10,15-16H2,1-2H3,(H,29,31)(H,30,34)(H,32,33)/t17-,23?,25-/m0/s1. The number of carboxylic acid groups (broad SMARTS) is 1. The maximum absolute atomic E-state index is 12.9. The Labute approximate surface area is 206 Å². The topological polar surface area (TPSA) is 105 Å². The Morgan fingerprint density at radius 2 is 1.63 bits per heavy atom. The first kappa shape index (κ1) is 24.8. The molecule has 2 aliphatic carbocycles. The molecule has 0 aliphatic heterocycles. The quantitative estimate of drug-likeness (QED) is 0.464. The number of carboxylic acids is 1. The van der Waals surface area contributed by atoms with Crippen molar-refractivity contribution in [1.82, 2.24) is 10.6 Å². The molecule has 7 nitrogen and oxygen atoms in total. The number of benzene rings is 2. The van der Waals surface area contributed by atoms with Gasteiger partial charge in [0.05, 0.1) is 5.92 Å². The predicted octanol–water partition coefficient (Wildman–Crippen LogP) is 4.56. The third-order valence-corrected chi connectivity index (χ3v) is 7.64.